The Bertz CT molecular complexity index is 390. The average Bonchev–Trinajstić information content (AvgIpc) is 2.07. The Hall–Kier alpha value is -0.843. The Morgan fingerprint density at radius 1 is 1.21 bits per heavy atom. The highest BCUT2D eigenvalue weighted by atomic mass is 28.3. The van der Waals surface area contributed by atoms with Gasteiger partial charge in [0.2, 0.25) is 5.91 Å². The van der Waals surface area contributed by atoms with E-state index >= 15 is 0 Å². The first kappa shape index (κ1) is 16.2. The lowest BCUT2D eigenvalue weighted by Gasteiger charge is -2.53. The number of ether oxygens (including phenoxy) is 1. The largest absolute Gasteiger partial charge is 0.458 e. The second-order valence-electron chi connectivity index (χ2n) is 7.83. The van der Waals surface area contributed by atoms with Gasteiger partial charge in [-0.3, -0.25) is 4.79 Å². The first-order valence-corrected chi connectivity index (χ1v) is 9.77. The first-order chi connectivity index (χ1) is 8.27. The average molecular weight is 285 g/mol. The van der Waals surface area contributed by atoms with Gasteiger partial charge in [0.1, 0.15) is 11.6 Å². The van der Waals surface area contributed by atoms with Crippen LogP contribution in [0.3, 0.4) is 0 Å². The maximum Gasteiger partial charge on any atom is 0.329 e. The highest BCUT2D eigenvalue weighted by molar-refractivity contribution is 6.80. The molecule has 0 N–H and O–H groups in total. The van der Waals surface area contributed by atoms with Crippen molar-refractivity contribution in [3.63, 3.8) is 0 Å². The molecule has 5 heteroatoms. The summed E-state index contributed by atoms with van der Waals surface area (Å²) < 4.78 is 7.24. The zero-order valence-corrected chi connectivity index (χ0v) is 14.5. The molecule has 0 aromatic rings. The topological polar surface area (TPSA) is 46.6 Å². The van der Waals surface area contributed by atoms with Gasteiger partial charge in [0.15, 0.2) is 8.24 Å². The minimum atomic E-state index is -2.00. The fourth-order valence-corrected chi connectivity index (χ4v) is 4.45. The predicted molar refractivity (Wildman–Crippen MR) is 78.3 cm³/mol. The summed E-state index contributed by atoms with van der Waals surface area (Å²) in [7, 11) is -2.00. The lowest BCUT2D eigenvalue weighted by atomic mass is 10.1. The third-order valence-corrected chi connectivity index (χ3v) is 9.50. The van der Waals surface area contributed by atoms with Gasteiger partial charge in [0.25, 0.3) is 0 Å². The van der Waals surface area contributed by atoms with Gasteiger partial charge in [0.05, 0.1) is 6.42 Å². The smallest absolute Gasteiger partial charge is 0.329 e. The lowest BCUT2D eigenvalue weighted by Crippen LogP contribution is -2.70. The molecule has 1 saturated heterocycles. The highest BCUT2D eigenvalue weighted by Gasteiger charge is 2.55. The van der Waals surface area contributed by atoms with Crippen LogP contribution in [0.15, 0.2) is 0 Å². The number of β-lactam (4-membered cyclic amide) rings is 1. The van der Waals surface area contributed by atoms with E-state index in [0.717, 1.165) is 0 Å². The molecular formula is C14H27NO3Si. The Kier molecular flexibility index (Phi) is 3.94. The van der Waals surface area contributed by atoms with E-state index in [1.54, 1.807) is 0 Å². The van der Waals surface area contributed by atoms with Crippen LogP contribution in [0.1, 0.15) is 48.0 Å². The van der Waals surface area contributed by atoms with Gasteiger partial charge < -0.3 is 9.30 Å². The van der Waals surface area contributed by atoms with E-state index in [9.17, 15) is 9.59 Å². The SMILES string of the molecule is CC(C)(C)OC(=O)C1CC(=O)N1[Si](C)(C)C(C)(C)C. The molecule has 0 aromatic heterocycles. The Balaban J connectivity index is 2.90. The number of carbonyl (C=O) groups is 2. The summed E-state index contributed by atoms with van der Waals surface area (Å²) in [6.45, 7) is 16.2. The Labute approximate surface area is 117 Å². The van der Waals surface area contributed by atoms with Crippen molar-refractivity contribution in [2.24, 2.45) is 0 Å². The molecule has 0 bridgehead atoms. The van der Waals surface area contributed by atoms with E-state index in [1.165, 1.54) is 0 Å². The molecule has 0 spiro atoms. The zero-order valence-electron chi connectivity index (χ0n) is 13.5. The number of esters is 1. The van der Waals surface area contributed by atoms with Crippen LogP contribution < -0.4 is 0 Å². The second-order valence-corrected chi connectivity index (χ2v) is 12.9. The van der Waals surface area contributed by atoms with Crippen LogP contribution in [0.4, 0.5) is 0 Å². The van der Waals surface area contributed by atoms with E-state index in [4.69, 9.17) is 4.74 Å². The van der Waals surface area contributed by atoms with Crippen LogP contribution in [0.25, 0.3) is 0 Å². The van der Waals surface area contributed by atoms with E-state index < -0.39 is 13.8 Å². The van der Waals surface area contributed by atoms with Crippen molar-refractivity contribution in [1.82, 2.24) is 4.57 Å². The molecule has 0 saturated carbocycles. The fourth-order valence-electron chi connectivity index (χ4n) is 2.04. The Morgan fingerprint density at radius 2 is 1.68 bits per heavy atom. The van der Waals surface area contributed by atoms with Crippen molar-refractivity contribution < 1.29 is 14.3 Å². The van der Waals surface area contributed by atoms with Gasteiger partial charge in [-0.25, -0.2) is 4.79 Å². The van der Waals surface area contributed by atoms with Crippen LogP contribution in [0, 0.1) is 0 Å². The number of carbonyl (C=O) groups excluding carboxylic acids is 2. The van der Waals surface area contributed by atoms with Gasteiger partial charge in [-0.15, -0.1) is 0 Å². The number of hydrogen-bond acceptors (Lipinski definition) is 3. The molecule has 1 rings (SSSR count). The molecule has 19 heavy (non-hydrogen) atoms. The predicted octanol–water partition coefficient (Wildman–Crippen LogP) is 2.93. The molecule has 0 radical (unpaired) electrons. The molecule has 1 aliphatic rings. The van der Waals surface area contributed by atoms with E-state index in [1.807, 2.05) is 25.3 Å². The quantitative estimate of drug-likeness (QED) is 0.445. The highest BCUT2D eigenvalue weighted by Crippen LogP contribution is 2.43. The van der Waals surface area contributed by atoms with E-state index in [-0.39, 0.29) is 23.0 Å². The second kappa shape index (κ2) is 4.61. The van der Waals surface area contributed by atoms with Crippen molar-refractivity contribution in [2.75, 3.05) is 0 Å². The molecular weight excluding hydrogens is 258 g/mol. The van der Waals surface area contributed by atoms with Gasteiger partial charge in [-0.1, -0.05) is 33.9 Å². The monoisotopic (exact) mass is 285 g/mol. The number of hydrogen-bond donors (Lipinski definition) is 0. The van der Waals surface area contributed by atoms with Gasteiger partial charge >= 0.3 is 5.97 Å². The minimum Gasteiger partial charge on any atom is -0.458 e. The molecule has 1 fully saturated rings. The van der Waals surface area contributed by atoms with E-state index in [2.05, 4.69) is 33.9 Å². The molecule has 110 valence electrons. The molecule has 1 amide bonds. The minimum absolute atomic E-state index is 0.0311. The summed E-state index contributed by atoms with van der Waals surface area (Å²) in [4.78, 5) is 24.1. The molecule has 1 unspecified atom stereocenters. The third kappa shape index (κ3) is 3.19. The lowest BCUT2D eigenvalue weighted by molar-refractivity contribution is -0.169. The van der Waals surface area contributed by atoms with Crippen LogP contribution in [0.5, 0.6) is 0 Å². The molecule has 1 atom stereocenters. The number of amides is 1. The van der Waals surface area contributed by atoms with Crippen LogP contribution in [-0.4, -0.2) is 36.3 Å². The van der Waals surface area contributed by atoms with Crippen molar-refractivity contribution in [3.8, 4) is 0 Å². The normalized spacial score (nSPS) is 21.2. The van der Waals surface area contributed by atoms with Crippen molar-refractivity contribution in [1.29, 1.82) is 0 Å². The number of rotatable bonds is 2. The van der Waals surface area contributed by atoms with Crippen LogP contribution in [0.2, 0.25) is 18.1 Å². The van der Waals surface area contributed by atoms with Crippen molar-refractivity contribution in [3.05, 3.63) is 0 Å². The van der Waals surface area contributed by atoms with Crippen molar-refractivity contribution in [2.45, 2.75) is 77.7 Å². The summed E-state index contributed by atoms with van der Waals surface area (Å²) in [6.07, 6.45) is 0.293. The van der Waals surface area contributed by atoms with Crippen molar-refractivity contribution >= 4 is 20.1 Å². The summed E-state index contributed by atoms with van der Waals surface area (Å²) >= 11 is 0. The molecule has 4 nitrogen and oxygen atoms in total. The third-order valence-electron chi connectivity index (χ3n) is 4.06. The number of nitrogens with zero attached hydrogens (tertiary/aromatic N) is 1. The first-order valence-electron chi connectivity index (χ1n) is 6.82. The van der Waals surface area contributed by atoms with E-state index in [0.29, 0.717) is 6.42 Å². The van der Waals surface area contributed by atoms with Gasteiger partial charge in [-0.2, -0.15) is 0 Å². The van der Waals surface area contributed by atoms with Gasteiger partial charge in [-0.05, 0) is 25.8 Å². The standard InChI is InChI=1S/C14H27NO3Si/c1-13(2,3)18-12(17)10-9-11(16)15(10)19(7,8)14(4,5)6/h10H,9H2,1-8H3. The molecule has 0 aromatic carbocycles. The van der Waals surface area contributed by atoms with Gasteiger partial charge in [0, 0.05) is 0 Å². The maximum absolute atomic E-state index is 12.2. The summed E-state index contributed by atoms with van der Waals surface area (Å²) in [6, 6.07) is -0.382. The molecule has 1 aliphatic heterocycles. The Morgan fingerprint density at radius 3 is 2.00 bits per heavy atom. The molecule has 0 aliphatic carbocycles. The summed E-state index contributed by atoms with van der Waals surface area (Å²) in [5.41, 5.74) is -0.505. The fraction of sp³-hybridized carbons (Fsp3) is 0.857. The summed E-state index contributed by atoms with van der Waals surface area (Å²) in [5, 5.41) is 0.0311. The van der Waals surface area contributed by atoms with Crippen LogP contribution in [-0.2, 0) is 14.3 Å². The maximum atomic E-state index is 12.2. The zero-order chi connectivity index (χ0) is 15.2. The van der Waals surface area contributed by atoms with Crippen LogP contribution >= 0.6 is 0 Å². The summed E-state index contributed by atoms with van der Waals surface area (Å²) in [5.74, 6) is -0.181. The molecule has 1 heterocycles.